The fraction of sp³-hybridized carbons (Fsp3) is 0.370. The molecular formula is C54H62O2. The van der Waals surface area contributed by atoms with Crippen LogP contribution in [0.15, 0.2) is 118 Å². The van der Waals surface area contributed by atoms with Gasteiger partial charge in [0.1, 0.15) is 23.0 Å². The highest BCUT2D eigenvalue weighted by Gasteiger charge is 2.16. The van der Waals surface area contributed by atoms with Gasteiger partial charge in [0.05, 0.1) is 0 Å². The first-order valence-electron chi connectivity index (χ1n) is 22.0. The number of rotatable bonds is 6. The van der Waals surface area contributed by atoms with Crippen LogP contribution in [0.2, 0.25) is 0 Å². The molecule has 0 N–H and O–H groups in total. The quantitative estimate of drug-likeness (QED) is 0.170. The van der Waals surface area contributed by atoms with Crippen molar-refractivity contribution in [1.29, 1.82) is 0 Å². The summed E-state index contributed by atoms with van der Waals surface area (Å²) in [6, 6.07) is 40.4. The molecule has 6 aromatic rings. The molecule has 0 saturated heterocycles. The molecule has 0 amide bonds. The van der Waals surface area contributed by atoms with Gasteiger partial charge in [-0.1, -0.05) is 187 Å². The zero-order valence-corrected chi connectivity index (χ0v) is 34.1. The van der Waals surface area contributed by atoms with E-state index in [1.54, 1.807) is 0 Å². The number of unbranched alkanes of at least 4 members (excludes halogenated alkanes) is 2. The highest BCUT2D eigenvalue weighted by atomic mass is 16.3. The Labute approximate surface area is 337 Å². The van der Waals surface area contributed by atoms with Gasteiger partial charge in [-0.25, -0.2) is 0 Å². The van der Waals surface area contributed by atoms with E-state index in [1.807, 2.05) is 0 Å². The van der Waals surface area contributed by atoms with Crippen LogP contribution < -0.4 is 0 Å². The largest absolute Gasteiger partial charge is 0.456 e. The maximum absolute atomic E-state index is 6.64. The van der Waals surface area contributed by atoms with Gasteiger partial charge in [0.2, 0.25) is 0 Å². The maximum Gasteiger partial charge on any atom is 0.137 e. The zero-order valence-electron chi connectivity index (χ0n) is 34.1. The van der Waals surface area contributed by atoms with Crippen LogP contribution in [0.25, 0.3) is 57.4 Å². The van der Waals surface area contributed by atoms with E-state index in [0.29, 0.717) is 0 Å². The van der Waals surface area contributed by atoms with E-state index in [2.05, 4.69) is 135 Å². The van der Waals surface area contributed by atoms with Crippen molar-refractivity contribution in [1.82, 2.24) is 0 Å². The monoisotopic (exact) mass is 742 g/mol. The van der Waals surface area contributed by atoms with Gasteiger partial charge in [-0.05, 0) is 96.9 Å². The van der Waals surface area contributed by atoms with E-state index in [-0.39, 0.29) is 0 Å². The number of aryl methyl sites for hydroxylation is 4. The molecule has 12 rings (SSSR count). The molecule has 2 aromatic heterocycles. The standard InChI is InChI=1S/C54H62O2/c1-3-5-19-49-39-51-45-31-23-43(24-32-45)21-22-44-25-33-46(34-26-44)52-40-50(20-6-4-2)54(56-52)48-37-29-42(30-38-48)18-16-14-12-10-8-7-9-11-13-15-17-41-27-35-47(36-28-41)53(49)55-51/h21-40H,3-20H2,1-2H3. The maximum atomic E-state index is 6.64. The van der Waals surface area contributed by atoms with Gasteiger partial charge in [-0.15, -0.1) is 0 Å². The summed E-state index contributed by atoms with van der Waals surface area (Å²) in [4.78, 5) is 0. The number of furan rings is 2. The van der Waals surface area contributed by atoms with Crippen LogP contribution >= 0.6 is 0 Å². The van der Waals surface area contributed by atoms with E-state index in [4.69, 9.17) is 8.83 Å². The van der Waals surface area contributed by atoms with Crippen molar-refractivity contribution in [3.8, 4) is 45.3 Å². The Hall–Kier alpha value is -4.82. The Morgan fingerprint density at radius 2 is 0.732 bits per heavy atom. The average molecular weight is 743 g/mol. The molecule has 6 aliphatic heterocycles. The second-order valence-corrected chi connectivity index (χ2v) is 16.1. The SMILES string of the molecule is CCCCc1cc2oc1-c1ccc(cc1)CCCCCCCCCCCCc1ccc(cc1)-c1oc(cc1CCCC)-c1ccc(cc1)C=Cc1ccc-2cc1. The summed E-state index contributed by atoms with van der Waals surface area (Å²) in [7, 11) is 0. The second kappa shape index (κ2) is 20.4. The molecule has 0 spiro atoms. The smallest absolute Gasteiger partial charge is 0.137 e. The van der Waals surface area contributed by atoms with Crippen LogP contribution in [0.1, 0.15) is 137 Å². The fourth-order valence-corrected chi connectivity index (χ4v) is 8.16. The molecule has 56 heavy (non-hydrogen) atoms. The molecule has 0 aliphatic carbocycles. The minimum Gasteiger partial charge on any atom is -0.456 e. The van der Waals surface area contributed by atoms with Crippen LogP contribution in [0, 0.1) is 0 Å². The first kappa shape index (κ1) is 39.4. The summed E-state index contributed by atoms with van der Waals surface area (Å²) in [5.41, 5.74) is 12.4. The van der Waals surface area contributed by atoms with E-state index in [0.717, 1.165) is 83.8 Å². The molecule has 2 heteroatoms. The minimum atomic E-state index is 0.945. The topological polar surface area (TPSA) is 26.3 Å². The van der Waals surface area contributed by atoms with Crippen molar-refractivity contribution in [3.63, 3.8) is 0 Å². The van der Waals surface area contributed by atoms with Gasteiger partial charge < -0.3 is 8.83 Å². The third-order valence-electron chi connectivity index (χ3n) is 11.7. The van der Waals surface area contributed by atoms with Crippen LogP contribution in [-0.4, -0.2) is 0 Å². The van der Waals surface area contributed by atoms with Gasteiger partial charge in [0.15, 0.2) is 0 Å². The third-order valence-corrected chi connectivity index (χ3v) is 11.7. The van der Waals surface area contributed by atoms with E-state index in [1.165, 1.54) is 110 Å². The first-order chi connectivity index (χ1) is 27.7. The molecule has 290 valence electrons. The van der Waals surface area contributed by atoms with Gasteiger partial charge in [-0.3, -0.25) is 0 Å². The number of hydrogen-bond acceptors (Lipinski definition) is 2. The zero-order chi connectivity index (χ0) is 38.4. The number of fused-ring (bicyclic) bond motifs is 2. The molecule has 0 unspecified atom stereocenters. The normalized spacial score (nSPS) is 14.5. The summed E-state index contributed by atoms with van der Waals surface area (Å²) in [5.74, 6) is 3.94. The summed E-state index contributed by atoms with van der Waals surface area (Å²) in [6.45, 7) is 4.52. The van der Waals surface area contributed by atoms with Gasteiger partial charge in [0, 0.05) is 22.3 Å². The lowest BCUT2D eigenvalue weighted by Gasteiger charge is -2.06. The van der Waals surface area contributed by atoms with Gasteiger partial charge in [-0.2, -0.15) is 0 Å². The molecule has 0 atom stereocenters. The highest BCUT2D eigenvalue weighted by Crippen LogP contribution is 2.36. The average Bonchev–Trinajstić information content (AvgIpc) is 3.87. The van der Waals surface area contributed by atoms with E-state index >= 15 is 0 Å². The Kier molecular flexibility index (Phi) is 14.3. The molecule has 8 heterocycles. The number of benzene rings is 4. The lowest BCUT2D eigenvalue weighted by molar-refractivity contribution is 0.551. The Morgan fingerprint density at radius 3 is 1.09 bits per heavy atom. The molecule has 2 nitrogen and oxygen atoms in total. The van der Waals surface area contributed by atoms with Crippen molar-refractivity contribution in [2.75, 3.05) is 0 Å². The summed E-state index contributed by atoms with van der Waals surface area (Å²) in [6.07, 6.45) is 26.8. The van der Waals surface area contributed by atoms with Crippen molar-refractivity contribution in [3.05, 3.63) is 143 Å². The summed E-state index contributed by atoms with van der Waals surface area (Å²) in [5, 5.41) is 0. The first-order valence-corrected chi connectivity index (χ1v) is 22.0. The Balaban J connectivity index is 1.10. The van der Waals surface area contributed by atoms with Crippen molar-refractivity contribution in [2.24, 2.45) is 0 Å². The predicted molar refractivity (Wildman–Crippen MR) is 239 cm³/mol. The van der Waals surface area contributed by atoms with Crippen molar-refractivity contribution in [2.45, 2.75) is 129 Å². The lowest BCUT2D eigenvalue weighted by atomic mass is 9.99. The Bertz CT molecular complexity index is 1930. The molecule has 6 aliphatic rings. The van der Waals surface area contributed by atoms with Crippen molar-refractivity contribution < 1.29 is 8.83 Å². The summed E-state index contributed by atoms with van der Waals surface area (Å²) < 4.78 is 13.3. The molecule has 4 aromatic carbocycles. The molecule has 12 bridgehead atoms. The lowest BCUT2D eigenvalue weighted by Crippen LogP contribution is -1.89. The van der Waals surface area contributed by atoms with Crippen molar-refractivity contribution >= 4 is 12.2 Å². The Morgan fingerprint density at radius 1 is 0.393 bits per heavy atom. The molecule has 0 fully saturated rings. The highest BCUT2D eigenvalue weighted by molar-refractivity contribution is 5.75. The van der Waals surface area contributed by atoms with Crippen LogP contribution in [0.3, 0.4) is 0 Å². The van der Waals surface area contributed by atoms with E-state index in [9.17, 15) is 0 Å². The number of hydrogen-bond donors (Lipinski definition) is 0. The van der Waals surface area contributed by atoms with Crippen LogP contribution in [-0.2, 0) is 25.7 Å². The van der Waals surface area contributed by atoms with Crippen LogP contribution in [0.4, 0.5) is 0 Å². The van der Waals surface area contributed by atoms with Gasteiger partial charge >= 0.3 is 0 Å². The van der Waals surface area contributed by atoms with Crippen LogP contribution in [0.5, 0.6) is 0 Å². The van der Waals surface area contributed by atoms with E-state index < -0.39 is 0 Å². The van der Waals surface area contributed by atoms with Gasteiger partial charge in [0.25, 0.3) is 0 Å². The fourth-order valence-electron chi connectivity index (χ4n) is 8.16. The molecular weight excluding hydrogens is 681 g/mol. The third kappa shape index (κ3) is 10.7. The minimum absolute atomic E-state index is 0.945. The predicted octanol–water partition coefficient (Wildman–Crippen LogP) is 16.4. The summed E-state index contributed by atoms with van der Waals surface area (Å²) >= 11 is 0. The molecule has 0 saturated carbocycles. The second-order valence-electron chi connectivity index (χ2n) is 16.1. The molecule has 0 radical (unpaired) electrons.